The Morgan fingerprint density at radius 2 is 2.19 bits per heavy atom. The lowest BCUT2D eigenvalue weighted by atomic mass is 9.56. The summed E-state index contributed by atoms with van der Waals surface area (Å²) in [5, 5.41) is 11.8. The van der Waals surface area contributed by atoms with E-state index in [9.17, 15) is 4.79 Å². The quantitative estimate of drug-likeness (QED) is 0.925. The molecule has 2 rings (SSSR count). The number of nitrogens with one attached hydrogen (secondary N) is 1. The van der Waals surface area contributed by atoms with Gasteiger partial charge >= 0.3 is 0 Å². The van der Waals surface area contributed by atoms with Crippen LogP contribution in [0.1, 0.15) is 43.1 Å². The van der Waals surface area contributed by atoms with Crippen LogP contribution in [-0.4, -0.2) is 24.7 Å². The molecule has 2 atom stereocenters. The van der Waals surface area contributed by atoms with Gasteiger partial charge in [0.25, 0.3) is 5.91 Å². The summed E-state index contributed by atoms with van der Waals surface area (Å²) in [5.41, 5.74) is 1.15. The van der Waals surface area contributed by atoms with Crippen LogP contribution in [0.4, 0.5) is 0 Å². The van der Waals surface area contributed by atoms with E-state index in [1.807, 2.05) is 12.1 Å². The zero-order valence-corrected chi connectivity index (χ0v) is 13.1. The lowest BCUT2D eigenvalue weighted by Gasteiger charge is -2.59. The Morgan fingerprint density at radius 3 is 2.76 bits per heavy atom. The van der Waals surface area contributed by atoms with Gasteiger partial charge in [0.05, 0.1) is 18.1 Å². The third-order valence-electron chi connectivity index (χ3n) is 5.06. The molecule has 1 aliphatic rings. The molecule has 0 spiro atoms. The van der Waals surface area contributed by atoms with E-state index in [1.165, 1.54) is 0 Å². The number of carbonyl (C=O) groups excluding carboxylic acids is 1. The second-order valence-corrected chi connectivity index (χ2v) is 6.42. The van der Waals surface area contributed by atoms with Crippen LogP contribution in [0.2, 0.25) is 0 Å². The summed E-state index contributed by atoms with van der Waals surface area (Å²) in [4.78, 5) is 12.4. The molecule has 21 heavy (non-hydrogen) atoms. The van der Waals surface area contributed by atoms with Crippen LogP contribution in [0.25, 0.3) is 0 Å². The molecule has 4 nitrogen and oxygen atoms in total. The van der Waals surface area contributed by atoms with Gasteiger partial charge < -0.3 is 10.1 Å². The SMILES string of the molecule is COC1(C)CC(NC(=O)c2cccc(CC#N)c2)C1(C)C. The highest BCUT2D eigenvalue weighted by Crippen LogP contribution is 2.51. The van der Waals surface area contributed by atoms with Crippen molar-refractivity contribution < 1.29 is 9.53 Å². The zero-order chi connectivity index (χ0) is 15.7. The van der Waals surface area contributed by atoms with Crippen LogP contribution < -0.4 is 5.32 Å². The number of carbonyl (C=O) groups is 1. The predicted molar refractivity (Wildman–Crippen MR) is 80.8 cm³/mol. The van der Waals surface area contributed by atoms with Gasteiger partial charge in [0.2, 0.25) is 0 Å². The topological polar surface area (TPSA) is 62.1 Å². The highest BCUT2D eigenvalue weighted by molar-refractivity contribution is 5.94. The van der Waals surface area contributed by atoms with Gasteiger partial charge in [-0.2, -0.15) is 5.26 Å². The largest absolute Gasteiger partial charge is 0.378 e. The average molecular weight is 286 g/mol. The zero-order valence-electron chi connectivity index (χ0n) is 13.1. The van der Waals surface area contributed by atoms with Crippen molar-refractivity contribution in [3.05, 3.63) is 35.4 Å². The highest BCUT2D eigenvalue weighted by Gasteiger charge is 2.58. The number of hydrogen-bond acceptors (Lipinski definition) is 3. The molecule has 0 radical (unpaired) electrons. The van der Waals surface area contributed by atoms with Gasteiger partial charge in [-0.05, 0) is 31.0 Å². The normalized spacial score (nSPS) is 26.5. The van der Waals surface area contributed by atoms with Crippen molar-refractivity contribution >= 4 is 5.91 Å². The molecule has 1 amide bonds. The van der Waals surface area contributed by atoms with Crippen molar-refractivity contribution in [2.75, 3.05) is 7.11 Å². The fourth-order valence-corrected chi connectivity index (χ4v) is 2.88. The van der Waals surface area contributed by atoms with Gasteiger partial charge in [-0.15, -0.1) is 0 Å². The maximum absolute atomic E-state index is 12.4. The smallest absolute Gasteiger partial charge is 0.251 e. The Kier molecular flexibility index (Phi) is 4.06. The summed E-state index contributed by atoms with van der Waals surface area (Å²) < 4.78 is 5.57. The molecule has 2 unspecified atom stereocenters. The lowest BCUT2D eigenvalue weighted by Crippen LogP contribution is -2.68. The van der Waals surface area contributed by atoms with E-state index in [0.717, 1.165) is 12.0 Å². The van der Waals surface area contributed by atoms with E-state index < -0.39 is 0 Å². The van der Waals surface area contributed by atoms with Crippen molar-refractivity contribution in [1.29, 1.82) is 5.26 Å². The minimum atomic E-state index is -0.201. The van der Waals surface area contributed by atoms with Gasteiger partial charge in [0, 0.05) is 24.1 Å². The predicted octanol–water partition coefficient (Wildman–Crippen LogP) is 2.69. The number of ether oxygens (including phenoxy) is 1. The molecular weight excluding hydrogens is 264 g/mol. The van der Waals surface area contributed by atoms with Crippen LogP contribution in [0.15, 0.2) is 24.3 Å². The molecule has 1 aromatic carbocycles. The Hall–Kier alpha value is -1.86. The third kappa shape index (κ3) is 2.66. The van der Waals surface area contributed by atoms with Gasteiger partial charge in [-0.3, -0.25) is 4.79 Å². The van der Waals surface area contributed by atoms with E-state index in [2.05, 4.69) is 32.2 Å². The van der Waals surface area contributed by atoms with Crippen molar-refractivity contribution in [3.8, 4) is 6.07 Å². The molecule has 0 bridgehead atoms. The monoisotopic (exact) mass is 286 g/mol. The summed E-state index contributed by atoms with van der Waals surface area (Å²) in [6.45, 7) is 6.29. The first-order chi connectivity index (χ1) is 9.84. The van der Waals surface area contributed by atoms with E-state index in [1.54, 1.807) is 19.2 Å². The van der Waals surface area contributed by atoms with E-state index in [0.29, 0.717) is 12.0 Å². The molecule has 1 saturated carbocycles. The summed E-state index contributed by atoms with van der Waals surface area (Å²) in [7, 11) is 1.71. The van der Waals surface area contributed by atoms with Crippen LogP contribution in [0.5, 0.6) is 0 Å². The van der Waals surface area contributed by atoms with Crippen LogP contribution in [-0.2, 0) is 11.2 Å². The number of benzene rings is 1. The van der Waals surface area contributed by atoms with Gasteiger partial charge in [0.1, 0.15) is 0 Å². The summed E-state index contributed by atoms with van der Waals surface area (Å²) in [5.74, 6) is -0.0917. The molecule has 4 heteroatoms. The number of nitrogens with zero attached hydrogens (tertiary/aromatic N) is 1. The number of methoxy groups -OCH3 is 1. The number of nitriles is 1. The molecule has 112 valence electrons. The Labute approximate surface area is 126 Å². The summed E-state index contributed by atoms with van der Waals surface area (Å²) >= 11 is 0. The molecule has 1 aromatic rings. The third-order valence-corrected chi connectivity index (χ3v) is 5.06. The number of amides is 1. The first-order valence-corrected chi connectivity index (χ1v) is 7.16. The van der Waals surface area contributed by atoms with Crippen LogP contribution in [0, 0.1) is 16.7 Å². The minimum Gasteiger partial charge on any atom is -0.378 e. The van der Waals surface area contributed by atoms with Gasteiger partial charge in [-0.1, -0.05) is 26.0 Å². The number of rotatable bonds is 4. The average Bonchev–Trinajstić information content (AvgIpc) is 2.47. The number of hydrogen-bond donors (Lipinski definition) is 1. The maximum Gasteiger partial charge on any atom is 0.251 e. The van der Waals surface area contributed by atoms with Gasteiger partial charge in [-0.25, -0.2) is 0 Å². The van der Waals surface area contributed by atoms with Crippen molar-refractivity contribution in [2.45, 2.75) is 45.3 Å². The highest BCUT2D eigenvalue weighted by atomic mass is 16.5. The summed E-state index contributed by atoms with van der Waals surface area (Å²) in [6.07, 6.45) is 1.12. The first kappa shape index (κ1) is 15.5. The summed E-state index contributed by atoms with van der Waals surface area (Å²) in [6, 6.07) is 9.41. The maximum atomic E-state index is 12.4. The molecule has 1 fully saturated rings. The molecule has 0 saturated heterocycles. The lowest BCUT2D eigenvalue weighted by molar-refractivity contribution is -0.177. The Balaban J connectivity index is 2.07. The van der Waals surface area contributed by atoms with Crippen molar-refractivity contribution in [1.82, 2.24) is 5.32 Å². The molecule has 0 heterocycles. The second kappa shape index (κ2) is 5.50. The minimum absolute atomic E-state index is 0.0917. The first-order valence-electron chi connectivity index (χ1n) is 7.16. The Morgan fingerprint density at radius 1 is 1.48 bits per heavy atom. The second-order valence-electron chi connectivity index (χ2n) is 6.42. The fraction of sp³-hybridized carbons (Fsp3) is 0.529. The Bertz CT molecular complexity index is 589. The molecule has 1 aliphatic carbocycles. The van der Waals surface area contributed by atoms with E-state index in [4.69, 9.17) is 10.00 Å². The van der Waals surface area contributed by atoms with Crippen molar-refractivity contribution in [2.24, 2.45) is 5.41 Å². The van der Waals surface area contributed by atoms with Crippen LogP contribution >= 0.6 is 0 Å². The van der Waals surface area contributed by atoms with Crippen molar-refractivity contribution in [3.63, 3.8) is 0 Å². The van der Waals surface area contributed by atoms with Gasteiger partial charge in [0.15, 0.2) is 0 Å². The van der Waals surface area contributed by atoms with E-state index in [-0.39, 0.29) is 23.0 Å². The molecule has 1 N–H and O–H groups in total. The van der Waals surface area contributed by atoms with Crippen LogP contribution in [0.3, 0.4) is 0 Å². The standard InChI is InChI=1S/C17H22N2O2/c1-16(2)14(11-17(16,3)21-4)19-15(20)13-7-5-6-12(10-13)8-9-18/h5-7,10,14H,8,11H2,1-4H3,(H,19,20). The molecule has 0 aromatic heterocycles. The fourth-order valence-electron chi connectivity index (χ4n) is 2.88. The molecular formula is C17H22N2O2. The molecule has 0 aliphatic heterocycles. The van der Waals surface area contributed by atoms with E-state index >= 15 is 0 Å².